The number of halogens is 2. The minimum absolute atomic E-state index is 0. The van der Waals surface area contributed by atoms with Crippen LogP contribution in [0.4, 0.5) is 4.39 Å². The lowest BCUT2D eigenvalue weighted by atomic mass is 9.77. The van der Waals surface area contributed by atoms with Crippen molar-refractivity contribution in [2.24, 2.45) is 0 Å². The van der Waals surface area contributed by atoms with Gasteiger partial charge in [-0.2, -0.15) is 0 Å². The Morgan fingerprint density at radius 3 is 2.48 bits per heavy atom. The predicted octanol–water partition coefficient (Wildman–Crippen LogP) is 3.27. The zero-order chi connectivity index (χ0) is 15.6. The number of benzene rings is 1. The summed E-state index contributed by atoms with van der Waals surface area (Å²) in [5.41, 5.74) is 0.562. The van der Waals surface area contributed by atoms with E-state index in [0.717, 1.165) is 57.2 Å². The van der Waals surface area contributed by atoms with Gasteiger partial charge >= 0.3 is 0 Å². The first kappa shape index (κ1) is 18.2. The number of piperidine rings is 1. The number of carbonyl (C=O) groups is 1. The van der Waals surface area contributed by atoms with E-state index in [0.29, 0.717) is 6.04 Å². The minimum atomic E-state index is -0.427. The molecule has 1 atom stereocenters. The van der Waals surface area contributed by atoms with E-state index in [-0.39, 0.29) is 24.1 Å². The van der Waals surface area contributed by atoms with Gasteiger partial charge in [-0.25, -0.2) is 4.39 Å². The zero-order valence-electron chi connectivity index (χ0n) is 13.7. The van der Waals surface area contributed by atoms with Crippen LogP contribution < -0.4 is 5.32 Å². The molecule has 0 radical (unpaired) electrons. The highest BCUT2D eigenvalue weighted by Crippen LogP contribution is 2.43. The predicted molar refractivity (Wildman–Crippen MR) is 92.5 cm³/mol. The van der Waals surface area contributed by atoms with Crippen LogP contribution >= 0.6 is 12.4 Å². The average Bonchev–Trinajstić information content (AvgIpc) is 3.05. The maximum Gasteiger partial charge on any atom is 0.233 e. The monoisotopic (exact) mass is 340 g/mol. The van der Waals surface area contributed by atoms with Gasteiger partial charge in [0.15, 0.2) is 0 Å². The van der Waals surface area contributed by atoms with Gasteiger partial charge in [0.05, 0.1) is 5.41 Å². The fourth-order valence-electron chi connectivity index (χ4n) is 4.07. The quantitative estimate of drug-likeness (QED) is 0.916. The SMILES string of the molecule is CNC1CCCN(C(=O)C2(c3ccc(F)cc3)CCCC2)C1.Cl. The molecular weight excluding hydrogens is 315 g/mol. The summed E-state index contributed by atoms with van der Waals surface area (Å²) in [4.78, 5) is 15.3. The van der Waals surface area contributed by atoms with Crippen molar-refractivity contribution in [3.63, 3.8) is 0 Å². The molecule has 23 heavy (non-hydrogen) atoms. The number of likely N-dealkylation sites (tertiary alicyclic amines) is 1. The van der Waals surface area contributed by atoms with Gasteiger partial charge in [-0.15, -0.1) is 12.4 Å². The standard InChI is InChI=1S/C18H25FN2O.ClH/c1-20-16-5-4-12-21(13-16)17(22)18(10-2-3-11-18)14-6-8-15(19)9-7-14;/h6-9,16,20H,2-5,10-13H2,1H3;1H. The Balaban J connectivity index is 0.00000192. The van der Waals surface area contributed by atoms with Crippen LogP contribution in [0.5, 0.6) is 0 Å². The highest BCUT2D eigenvalue weighted by atomic mass is 35.5. The third-order valence-electron chi connectivity index (χ3n) is 5.38. The highest BCUT2D eigenvalue weighted by molar-refractivity contribution is 5.88. The Labute approximate surface area is 144 Å². The minimum Gasteiger partial charge on any atom is -0.340 e. The molecular formula is C18H26ClFN2O. The molecule has 0 aromatic heterocycles. The first-order valence-electron chi connectivity index (χ1n) is 8.38. The van der Waals surface area contributed by atoms with Gasteiger partial charge in [-0.1, -0.05) is 25.0 Å². The summed E-state index contributed by atoms with van der Waals surface area (Å²) in [7, 11) is 1.96. The van der Waals surface area contributed by atoms with Crippen molar-refractivity contribution in [1.29, 1.82) is 0 Å². The van der Waals surface area contributed by atoms with E-state index in [2.05, 4.69) is 5.32 Å². The number of likely N-dealkylation sites (N-methyl/N-ethyl adjacent to an activating group) is 1. The summed E-state index contributed by atoms with van der Waals surface area (Å²) in [6.45, 7) is 1.64. The lowest BCUT2D eigenvalue weighted by Crippen LogP contribution is -2.52. The van der Waals surface area contributed by atoms with Gasteiger partial charge in [0, 0.05) is 19.1 Å². The van der Waals surface area contributed by atoms with Crippen LogP contribution in [0.2, 0.25) is 0 Å². The lowest BCUT2D eigenvalue weighted by molar-refractivity contribution is -0.138. The maximum absolute atomic E-state index is 13.3. The first-order chi connectivity index (χ1) is 10.7. The van der Waals surface area contributed by atoms with Crippen LogP contribution in [0.3, 0.4) is 0 Å². The molecule has 5 heteroatoms. The number of hydrogen-bond acceptors (Lipinski definition) is 2. The molecule has 1 aromatic carbocycles. The lowest BCUT2D eigenvalue weighted by Gasteiger charge is -2.39. The van der Waals surface area contributed by atoms with E-state index in [1.54, 1.807) is 12.1 Å². The number of hydrogen-bond donors (Lipinski definition) is 1. The van der Waals surface area contributed by atoms with Crippen LogP contribution in [0.25, 0.3) is 0 Å². The van der Waals surface area contributed by atoms with Crippen LogP contribution in [0, 0.1) is 5.82 Å². The molecule has 1 amide bonds. The van der Waals surface area contributed by atoms with E-state index in [9.17, 15) is 9.18 Å². The summed E-state index contributed by atoms with van der Waals surface area (Å²) in [6.07, 6.45) is 6.11. The Kier molecular flexibility index (Phi) is 6.04. The molecule has 1 aliphatic carbocycles. The molecule has 3 nitrogen and oxygen atoms in total. The molecule has 128 valence electrons. The molecule has 1 saturated heterocycles. The van der Waals surface area contributed by atoms with Crippen molar-refractivity contribution < 1.29 is 9.18 Å². The summed E-state index contributed by atoms with van der Waals surface area (Å²) >= 11 is 0. The Morgan fingerprint density at radius 2 is 1.87 bits per heavy atom. The van der Waals surface area contributed by atoms with Gasteiger partial charge < -0.3 is 10.2 Å². The van der Waals surface area contributed by atoms with Gasteiger partial charge in [-0.05, 0) is 50.4 Å². The van der Waals surface area contributed by atoms with Gasteiger partial charge in [0.1, 0.15) is 5.82 Å². The Morgan fingerprint density at radius 1 is 1.22 bits per heavy atom. The van der Waals surface area contributed by atoms with Crippen LogP contribution in [0.15, 0.2) is 24.3 Å². The fraction of sp³-hybridized carbons (Fsp3) is 0.611. The molecule has 2 aliphatic rings. The number of rotatable bonds is 3. The topological polar surface area (TPSA) is 32.3 Å². The molecule has 1 aliphatic heterocycles. The molecule has 0 spiro atoms. The third kappa shape index (κ3) is 3.53. The third-order valence-corrected chi connectivity index (χ3v) is 5.38. The van der Waals surface area contributed by atoms with Crippen molar-refractivity contribution >= 4 is 18.3 Å². The second-order valence-electron chi connectivity index (χ2n) is 6.68. The smallest absolute Gasteiger partial charge is 0.233 e. The van der Waals surface area contributed by atoms with Crippen LogP contribution in [0.1, 0.15) is 44.1 Å². The van der Waals surface area contributed by atoms with Crippen LogP contribution in [-0.4, -0.2) is 37.0 Å². The van der Waals surface area contributed by atoms with E-state index in [1.807, 2.05) is 11.9 Å². The van der Waals surface area contributed by atoms with Crippen molar-refractivity contribution in [3.05, 3.63) is 35.6 Å². The normalized spacial score (nSPS) is 23.4. The number of nitrogens with zero attached hydrogens (tertiary/aromatic N) is 1. The van der Waals surface area contributed by atoms with Crippen molar-refractivity contribution in [2.45, 2.75) is 50.0 Å². The van der Waals surface area contributed by atoms with Gasteiger partial charge in [0.2, 0.25) is 5.91 Å². The largest absolute Gasteiger partial charge is 0.340 e. The van der Waals surface area contributed by atoms with Gasteiger partial charge in [0.25, 0.3) is 0 Å². The molecule has 3 rings (SSSR count). The summed E-state index contributed by atoms with van der Waals surface area (Å²) < 4.78 is 13.2. The summed E-state index contributed by atoms with van der Waals surface area (Å²) in [6, 6.07) is 6.96. The second-order valence-corrected chi connectivity index (χ2v) is 6.68. The zero-order valence-corrected chi connectivity index (χ0v) is 14.5. The molecule has 2 fully saturated rings. The van der Waals surface area contributed by atoms with E-state index in [4.69, 9.17) is 0 Å². The van der Waals surface area contributed by atoms with Gasteiger partial charge in [-0.3, -0.25) is 4.79 Å². The molecule has 1 saturated carbocycles. The van der Waals surface area contributed by atoms with E-state index < -0.39 is 5.41 Å². The first-order valence-corrected chi connectivity index (χ1v) is 8.38. The van der Waals surface area contributed by atoms with Crippen molar-refractivity contribution in [1.82, 2.24) is 10.2 Å². The number of carbonyl (C=O) groups excluding carboxylic acids is 1. The summed E-state index contributed by atoms with van der Waals surface area (Å²) in [5, 5.41) is 3.30. The highest BCUT2D eigenvalue weighted by Gasteiger charge is 2.45. The Hall–Kier alpha value is -1.13. The number of nitrogens with one attached hydrogen (secondary N) is 1. The van der Waals surface area contributed by atoms with Crippen molar-refractivity contribution in [2.75, 3.05) is 20.1 Å². The molecule has 1 N–H and O–H groups in total. The molecule has 1 unspecified atom stereocenters. The fourth-order valence-corrected chi connectivity index (χ4v) is 4.07. The molecule has 1 aromatic rings. The molecule has 1 heterocycles. The van der Waals surface area contributed by atoms with Crippen molar-refractivity contribution in [3.8, 4) is 0 Å². The second kappa shape index (κ2) is 7.63. The van der Waals surface area contributed by atoms with Crippen LogP contribution in [-0.2, 0) is 10.2 Å². The van der Waals surface area contributed by atoms with E-state index >= 15 is 0 Å². The maximum atomic E-state index is 13.3. The number of amides is 1. The summed E-state index contributed by atoms with van der Waals surface area (Å²) in [5.74, 6) is 0.00845. The average molecular weight is 341 g/mol. The Bertz CT molecular complexity index is 528. The molecule has 0 bridgehead atoms. The van der Waals surface area contributed by atoms with E-state index in [1.165, 1.54) is 12.1 Å².